The van der Waals surface area contributed by atoms with Crippen molar-refractivity contribution in [2.45, 2.75) is 30.4 Å². The highest BCUT2D eigenvalue weighted by Crippen LogP contribution is 2.37. The number of hydrogen-bond donors (Lipinski definition) is 2. The summed E-state index contributed by atoms with van der Waals surface area (Å²) in [7, 11) is 0. The second-order valence-corrected chi connectivity index (χ2v) is 8.08. The molecule has 0 saturated heterocycles. The number of alkyl halides is 3. The van der Waals surface area contributed by atoms with Gasteiger partial charge in [-0.1, -0.05) is 41.6 Å². The van der Waals surface area contributed by atoms with Crippen molar-refractivity contribution in [3.8, 4) is 11.4 Å². The minimum atomic E-state index is -4.90. The van der Waals surface area contributed by atoms with Gasteiger partial charge in [0.05, 0.1) is 21.4 Å². The Morgan fingerprint density at radius 3 is 2.47 bits per heavy atom. The van der Waals surface area contributed by atoms with Crippen LogP contribution in [0, 0.1) is 17.0 Å². The Hall–Kier alpha value is -3.61. The average Bonchev–Trinajstić information content (AvgIpc) is 3.08. The van der Waals surface area contributed by atoms with Gasteiger partial charge in [-0.2, -0.15) is 13.2 Å². The molecule has 0 radical (unpaired) electrons. The summed E-state index contributed by atoms with van der Waals surface area (Å²) in [6.07, 6.45) is -4.90. The normalized spacial score (nSPS) is 12.4. The average molecular weight is 466 g/mol. The van der Waals surface area contributed by atoms with E-state index in [0.717, 1.165) is 29.5 Å². The predicted molar refractivity (Wildman–Crippen MR) is 112 cm³/mol. The number of nitrogens with one attached hydrogen (secondary N) is 1. The van der Waals surface area contributed by atoms with Crippen molar-refractivity contribution in [2.75, 3.05) is 11.2 Å². The summed E-state index contributed by atoms with van der Waals surface area (Å²) in [5.41, 5.74) is -0.898. The summed E-state index contributed by atoms with van der Waals surface area (Å²) in [5.74, 6) is 5.61. The number of anilines is 1. The molecule has 0 fully saturated rings. The van der Waals surface area contributed by atoms with Gasteiger partial charge in [0.15, 0.2) is 5.82 Å². The van der Waals surface area contributed by atoms with E-state index in [4.69, 9.17) is 5.84 Å². The monoisotopic (exact) mass is 466 g/mol. The molecule has 3 aromatic rings. The fourth-order valence-corrected chi connectivity index (χ4v) is 3.46. The highest BCUT2D eigenvalue weighted by atomic mass is 32.2. The molecule has 0 bridgehead atoms. The number of benzene rings is 2. The van der Waals surface area contributed by atoms with Gasteiger partial charge in [-0.25, -0.2) is 4.68 Å². The second kappa shape index (κ2) is 8.86. The van der Waals surface area contributed by atoms with Crippen molar-refractivity contribution in [2.24, 2.45) is 0 Å². The number of carbonyl (C=O) groups is 1. The number of rotatable bonds is 6. The summed E-state index contributed by atoms with van der Waals surface area (Å²) in [6.45, 7) is 3.38. The zero-order chi connectivity index (χ0) is 23.6. The van der Waals surface area contributed by atoms with Crippen LogP contribution >= 0.6 is 11.8 Å². The van der Waals surface area contributed by atoms with E-state index in [9.17, 15) is 28.1 Å². The summed E-state index contributed by atoms with van der Waals surface area (Å²) < 4.78 is 41.1. The number of amides is 1. The van der Waals surface area contributed by atoms with E-state index in [-0.39, 0.29) is 5.16 Å². The lowest BCUT2D eigenvalue weighted by Crippen LogP contribution is -2.25. The Kier molecular flexibility index (Phi) is 6.39. The van der Waals surface area contributed by atoms with Crippen LogP contribution in [0.2, 0.25) is 0 Å². The molecule has 2 aromatic carbocycles. The van der Waals surface area contributed by atoms with Crippen molar-refractivity contribution >= 4 is 29.0 Å². The molecule has 1 amide bonds. The summed E-state index contributed by atoms with van der Waals surface area (Å²) >= 11 is 0.900. The predicted octanol–water partition coefficient (Wildman–Crippen LogP) is 4.01. The number of nitrogen functional groups attached to an aromatic ring is 1. The lowest BCUT2D eigenvalue weighted by atomic mass is 10.1. The maximum Gasteiger partial charge on any atom is 0.418 e. The standard InChI is InChI=1S/C19H17F3N6O3S/c1-10-3-5-12(6-4-10)16-25-26-18(27(16)23)32-11(2)17(29)24-15-8-7-13(28(30)31)9-14(15)19(20,21)22/h3-9,11H,23H2,1-2H3,(H,24,29)/t11-/m0/s1. The Balaban J connectivity index is 1.78. The number of hydrogen-bond acceptors (Lipinski definition) is 7. The molecule has 0 unspecified atom stereocenters. The van der Waals surface area contributed by atoms with Crippen molar-refractivity contribution in [1.29, 1.82) is 0 Å². The molecular formula is C19H17F3N6O3S. The molecule has 1 atom stereocenters. The molecule has 0 aliphatic rings. The minimum absolute atomic E-state index is 0.183. The zero-order valence-electron chi connectivity index (χ0n) is 16.8. The molecule has 1 aromatic heterocycles. The molecular weight excluding hydrogens is 449 g/mol. The SMILES string of the molecule is Cc1ccc(-c2nnc(S[C@@H](C)C(=O)Nc3ccc([N+](=O)[O-])cc3C(F)(F)F)n2N)cc1. The van der Waals surface area contributed by atoms with Crippen LogP contribution in [0.15, 0.2) is 47.6 Å². The van der Waals surface area contributed by atoms with Gasteiger partial charge in [-0.3, -0.25) is 14.9 Å². The number of non-ortho nitro benzene ring substituents is 1. The Labute approximate surface area is 183 Å². The first-order chi connectivity index (χ1) is 15.0. The van der Waals surface area contributed by atoms with Crippen LogP contribution in [0.5, 0.6) is 0 Å². The molecule has 0 saturated carbocycles. The molecule has 0 aliphatic carbocycles. The summed E-state index contributed by atoms with van der Waals surface area (Å²) in [4.78, 5) is 22.4. The molecule has 0 spiro atoms. The van der Waals surface area contributed by atoms with E-state index >= 15 is 0 Å². The van der Waals surface area contributed by atoms with E-state index in [1.165, 1.54) is 11.6 Å². The van der Waals surface area contributed by atoms with Crippen LogP contribution < -0.4 is 11.2 Å². The van der Waals surface area contributed by atoms with Gasteiger partial charge in [0.25, 0.3) is 5.69 Å². The Bertz CT molecular complexity index is 1160. The van der Waals surface area contributed by atoms with Crippen molar-refractivity contribution in [3.05, 3.63) is 63.7 Å². The zero-order valence-corrected chi connectivity index (χ0v) is 17.6. The van der Waals surface area contributed by atoms with Gasteiger partial charge in [-0.05, 0) is 19.9 Å². The first-order valence-corrected chi connectivity index (χ1v) is 9.96. The number of nitro benzene ring substituents is 1. The number of nitrogens with two attached hydrogens (primary N) is 1. The van der Waals surface area contributed by atoms with E-state index in [1.54, 1.807) is 12.1 Å². The van der Waals surface area contributed by atoms with Crippen LogP contribution in [0.1, 0.15) is 18.1 Å². The van der Waals surface area contributed by atoms with Gasteiger partial charge in [0.1, 0.15) is 0 Å². The highest BCUT2D eigenvalue weighted by molar-refractivity contribution is 8.00. The van der Waals surface area contributed by atoms with Crippen LogP contribution in [0.25, 0.3) is 11.4 Å². The van der Waals surface area contributed by atoms with E-state index in [0.29, 0.717) is 17.5 Å². The molecule has 3 N–H and O–H groups in total. The van der Waals surface area contributed by atoms with Crippen LogP contribution in [0.4, 0.5) is 24.5 Å². The molecule has 1 heterocycles. The van der Waals surface area contributed by atoms with Crippen LogP contribution in [0.3, 0.4) is 0 Å². The number of nitro groups is 1. The van der Waals surface area contributed by atoms with Gasteiger partial charge in [-0.15, -0.1) is 10.2 Å². The number of thioether (sulfide) groups is 1. The topological polar surface area (TPSA) is 129 Å². The third-order valence-electron chi connectivity index (χ3n) is 4.40. The largest absolute Gasteiger partial charge is 0.418 e. The number of nitrogens with zero attached hydrogens (tertiary/aromatic N) is 4. The smallest absolute Gasteiger partial charge is 0.335 e. The van der Waals surface area contributed by atoms with Crippen molar-refractivity contribution < 1.29 is 22.9 Å². The fourth-order valence-electron chi connectivity index (χ4n) is 2.69. The van der Waals surface area contributed by atoms with E-state index in [1.807, 2.05) is 19.1 Å². The second-order valence-electron chi connectivity index (χ2n) is 6.78. The van der Waals surface area contributed by atoms with Gasteiger partial charge < -0.3 is 11.2 Å². The molecule has 168 valence electrons. The first kappa shape index (κ1) is 23.1. The molecule has 32 heavy (non-hydrogen) atoms. The number of halogens is 3. The minimum Gasteiger partial charge on any atom is -0.335 e. The van der Waals surface area contributed by atoms with Gasteiger partial charge >= 0.3 is 6.18 Å². The third-order valence-corrected chi connectivity index (χ3v) is 5.46. The van der Waals surface area contributed by atoms with Gasteiger partial charge in [0, 0.05) is 17.7 Å². The first-order valence-electron chi connectivity index (χ1n) is 9.08. The number of aromatic nitrogens is 3. The lowest BCUT2D eigenvalue weighted by molar-refractivity contribution is -0.385. The van der Waals surface area contributed by atoms with Gasteiger partial charge in [0.2, 0.25) is 11.1 Å². The molecule has 9 nitrogen and oxygen atoms in total. The number of carbonyl (C=O) groups excluding carboxylic acids is 1. The van der Waals surface area contributed by atoms with Crippen LogP contribution in [-0.4, -0.2) is 31.0 Å². The maximum atomic E-state index is 13.3. The quantitative estimate of drug-likeness (QED) is 0.243. The molecule has 0 aliphatic heterocycles. The van der Waals surface area contributed by atoms with E-state index < -0.39 is 39.2 Å². The lowest BCUT2D eigenvalue weighted by Gasteiger charge is -2.16. The number of aryl methyl sites for hydroxylation is 1. The Morgan fingerprint density at radius 2 is 1.88 bits per heavy atom. The third kappa shape index (κ3) is 4.99. The van der Waals surface area contributed by atoms with Crippen molar-refractivity contribution in [3.63, 3.8) is 0 Å². The fraction of sp³-hybridized carbons (Fsp3) is 0.211. The maximum absolute atomic E-state index is 13.3. The highest BCUT2D eigenvalue weighted by Gasteiger charge is 2.36. The molecule has 13 heteroatoms. The van der Waals surface area contributed by atoms with E-state index in [2.05, 4.69) is 15.5 Å². The Morgan fingerprint density at radius 1 is 1.22 bits per heavy atom. The summed E-state index contributed by atoms with van der Waals surface area (Å²) in [5, 5.41) is 20.2. The van der Waals surface area contributed by atoms with Crippen molar-refractivity contribution in [1.82, 2.24) is 14.9 Å². The van der Waals surface area contributed by atoms with Crippen LogP contribution in [-0.2, 0) is 11.0 Å². The summed E-state index contributed by atoms with van der Waals surface area (Å²) in [6, 6.07) is 9.45. The molecule has 3 rings (SSSR count).